The molecule has 1 fully saturated rings. The van der Waals surface area contributed by atoms with Gasteiger partial charge in [0.25, 0.3) is 5.91 Å². The van der Waals surface area contributed by atoms with Gasteiger partial charge in [-0.3, -0.25) is 14.4 Å². The van der Waals surface area contributed by atoms with Gasteiger partial charge in [-0.1, -0.05) is 18.9 Å². The van der Waals surface area contributed by atoms with Crippen LogP contribution >= 0.6 is 0 Å². The Morgan fingerprint density at radius 3 is 2.32 bits per heavy atom. The normalized spacial score (nSPS) is 18.8. The van der Waals surface area contributed by atoms with E-state index in [-0.39, 0.29) is 13.0 Å². The number of nitriles is 1. The van der Waals surface area contributed by atoms with Crippen LogP contribution in [0, 0.1) is 37.0 Å². The smallest absolute Gasteiger partial charge is 0.310 e. The second-order valence-electron chi connectivity index (χ2n) is 7.31. The summed E-state index contributed by atoms with van der Waals surface area (Å²) in [5.74, 6) is -2.59. The summed E-state index contributed by atoms with van der Waals surface area (Å²) >= 11 is 0. The van der Waals surface area contributed by atoms with Gasteiger partial charge in [0.1, 0.15) is 0 Å². The number of amides is 2. The maximum Gasteiger partial charge on any atom is 0.310 e. The molecule has 0 radical (unpaired) electrons. The first kappa shape index (κ1) is 21.4. The Morgan fingerprint density at radius 1 is 1.14 bits per heavy atom. The minimum absolute atomic E-state index is 0.166. The predicted octanol–water partition coefficient (Wildman–Crippen LogP) is 2.39. The Labute approximate surface area is 165 Å². The first-order valence-corrected chi connectivity index (χ1v) is 9.55. The van der Waals surface area contributed by atoms with E-state index in [1.807, 2.05) is 38.1 Å². The summed E-state index contributed by atoms with van der Waals surface area (Å²) in [6, 6.07) is 7.73. The number of carbonyl (C=O) groups is 3. The Morgan fingerprint density at radius 2 is 1.75 bits per heavy atom. The van der Waals surface area contributed by atoms with Gasteiger partial charge in [-0.05, 0) is 49.9 Å². The van der Waals surface area contributed by atoms with Crippen LogP contribution in [0.15, 0.2) is 18.2 Å². The number of nitrogens with zero attached hydrogens (tertiary/aromatic N) is 2. The molecule has 7 nitrogen and oxygen atoms in total. The number of carbonyl (C=O) groups excluding carboxylic acids is 3. The monoisotopic (exact) mass is 385 g/mol. The molecule has 0 unspecified atom stereocenters. The lowest BCUT2D eigenvalue weighted by Gasteiger charge is -2.28. The van der Waals surface area contributed by atoms with E-state index in [4.69, 9.17) is 15.7 Å². The van der Waals surface area contributed by atoms with Crippen molar-refractivity contribution in [3.8, 4) is 6.07 Å². The summed E-state index contributed by atoms with van der Waals surface area (Å²) in [5.41, 5.74) is 8.06. The van der Waals surface area contributed by atoms with Gasteiger partial charge in [-0.25, -0.2) is 0 Å². The number of nitrogens with two attached hydrogens (primary N) is 1. The van der Waals surface area contributed by atoms with E-state index < -0.39 is 36.2 Å². The van der Waals surface area contributed by atoms with Crippen LogP contribution < -0.4 is 10.6 Å². The SMILES string of the molecule is Cc1cc(C)cc(N(CCC#N)C(=O)COC(=O)[C@@H]2CCCC[C@@H]2C(N)=O)c1. The Kier molecular flexibility index (Phi) is 7.56. The van der Waals surface area contributed by atoms with Crippen LogP contribution in [0.25, 0.3) is 0 Å². The van der Waals surface area contributed by atoms with E-state index in [9.17, 15) is 14.4 Å². The molecule has 0 aromatic heterocycles. The maximum atomic E-state index is 12.7. The number of primary amides is 1. The fourth-order valence-electron chi connectivity index (χ4n) is 3.74. The van der Waals surface area contributed by atoms with Gasteiger partial charge >= 0.3 is 5.97 Å². The summed E-state index contributed by atoms with van der Waals surface area (Å²) in [7, 11) is 0. The predicted molar refractivity (Wildman–Crippen MR) is 104 cm³/mol. The maximum absolute atomic E-state index is 12.7. The first-order valence-electron chi connectivity index (χ1n) is 9.55. The zero-order valence-electron chi connectivity index (χ0n) is 16.4. The molecule has 1 saturated carbocycles. The summed E-state index contributed by atoms with van der Waals surface area (Å²) in [6.07, 6.45) is 2.95. The molecule has 2 N–H and O–H groups in total. The number of anilines is 1. The topological polar surface area (TPSA) is 113 Å². The van der Waals surface area contributed by atoms with Gasteiger partial charge in [0.05, 0.1) is 24.3 Å². The molecule has 0 bridgehead atoms. The van der Waals surface area contributed by atoms with Crippen molar-refractivity contribution >= 4 is 23.5 Å². The van der Waals surface area contributed by atoms with Gasteiger partial charge in [-0.15, -0.1) is 0 Å². The van der Waals surface area contributed by atoms with Crippen LogP contribution in [0.1, 0.15) is 43.2 Å². The molecule has 150 valence electrons. The van der Waals surface area contributed by atoms with E-state index in [1.54, 1.807) is 0 Å². The highest BCUT2D eigenvalue weighted by Crippen LogP contribution is 2.31. The molecule has 1 aliphatic carbocycles. The molecule has 28 heavy (non-hydrogen) atoms. The molecule has 0 saturated heterocycles. The van der Waals surface area contributed by atoms with Crippen molar-refractivity contribution in [3.05, 3.63) is 29.3 Å². The van der Waals surface area contributed by atoms with Crippen molar-refractivity contribution in [1.82, 2.24) is 0 Å². The number of esters is 1. The van der Waals surface area contributed by atoms with Crippen LogP contribution in [-0.2, 0) is 19.1 Å². The van der Waals surface area contributed by atoms with Gasteiger partial charge in [0, 0.05) is 12.2 Å². The quantitative estimate of drug-likeness (QED) is 0.724. The van der Waals surface area contributed by atoms with Crippen LogP contribution in [-0.4, -0.2) is 30.9 Å². The highest BCUT2D eigenvalue weighted by molar-refractivity contribution is 5.95. The molecular formula is C21H27N3O4. The largest absolute Gasteiger partial charge is 0.455 e. The molecule has 1 aromatic carbocycles. The average molecular weight is 385 g/mol. The van der Waals surface area contributed by atoms with Crippen LogP contribution in [0.2, 0.25) is 0 Å². The van der Waals surface area contributed by atoms with Crippen molar-refractivity contribution in [3.63, 3.8) is 0 Å². The van der Waals surface area contributed by atoms with Gasteiger partial charge < -0.3 is 15.4 Å². The lowest BCUT2D eigenvalue weighted by molar-refractivity contribution is -0.156. The molecular weight excluding hydrogens is 358 g/mol. The van der Waals surface area contributed by atoms with Crippen LogP contribution in [0.5, 0.6) is 0 Å². The average Bonchev–Trinajstić information content (AvgIpc) is 2.65. The summed E-state index contributed by atoms with van der Waals surface area (Å²) in [4.78, 5) is 38.2. The van der Waals surface area contributed by atoms with Crippen LogP contribution in [0.4, 0.5) is 5.69 Å². The lowest BCUT2D eigenvalue weighted by Crippen LogP contribution is -2.40. The number of rotatable bonds is 7. The second kappa shape index (κ2) is 9.88. The van der Waals surface area contributed by atoms with Crippen molar-refractivity contribution in [1.29, 1.82) is 5.26 Å². The van der Waals surface area contributed by atoms with E-state index >= 15 is 0 Å². The summed E-state index contributed by atoms with van der Waals surface area (Å²) in [5, 5.41) is 8.91. The Hall–Kier alpha value is -2.88. The fourth-order valence-corrected chi connectivity index (χ4v) is 3.74. The van der Waals surface area contributed by atoms with E-state index in [2.05, 4.69) is 0 Å². The number of hydrogen-bond donors (Lipinski definition) is 1. The minimum Gasteiger partial charge on any atom is -0.455 e. The van der Waals surface area contributed by atoms with E-state index in [0.717, 1.165) is 24.0 Å². The lowest BCUT2D eigenvalue weighted by atomic mass is 9.79. The van der Waals surface area contributed by atoms with Gasteiger partial charge in [0.2, 0.25) is 5.91 Å². The molecule has 7 heteroatoms. The van der Waals surface area contributed by atoms with Gasteiger partial charge in [0.15, 0.2) is 6.61 Å². The summed E-state index contributed by atoms with van der Waals surface area (Å²) in [6.45, 7) is 3.63. The van der Waals surface area contributed by atoms with Crippen molar-refractivity contribution in [2.24, 2.45) is 17.6 Å². The van der Waals surface area contributed by atoms with Gasteiger partial charge in [-0.2, -0.15) is 5.26 Å². The molecule has 0 heterocycles. The Balaban J connectivity index is 2.07. The number of ether oxygens (including phenoxy) is 1. The highest BCUT2D eigenvalue weighted by atomic mass is 16.5. The van der Waals surface area contributed by atoms with Crippen molar-refractivity contribution in [2.45, 2.75) is 46.0 Å². The zero-order chi connectivity index (χ0) is 20.7. The van der Waals surface area contributed by atoms with E-state index in [0.29, 0.717) is 18.5 Å². The first-order chi connectivity index (χ1) is 13.3. The van der Waals surface area contributed by atoms with E-state index in [1.165, 1.54) is 4.90 Å². The third-order valence-electron chi connectivity index (χ3n) is 5.04. The third-order valence-corrected chi connectivity index (χ3v) is 5.04. The minimum atomic E-state index is -0.590. The Bertz CT molecular complexity index is 764. The molecule has 0 aliphatic heterocycles. The van der Waals surface area contributed by atoms with Crippen molar-refractivity contribution < 1.29 is 19.1 Å². The number of hydrogen-bond acceptors (Lipinski definition) is 5. The number of benzene rings is 1. The second-order valence-corrected chi connectivity index (χ2v) is 7.31. The fraction of sp³-hybridized carbons (Fsp3) is 0.524. The molecule has 1 aliphatic rings. The standard InChI is InChI=1S/C21H27N3O4/c1-14-10-15(2)12-16(11-14)24(9-5-8-22)19(25)13-28-21(27)18-7-4-3-6-17(18)20(23)26/h10-12,17-18H,3-7,9,13H2,1-2H3,(H2,23,26)/t17-,18+/m0/s1. The number of aryl methyl sites for hydroxylation is 2. The zero-order valence-corrected chi connectivity index (χ0v) is 16.4. The molecule has 2 atom stereocenters. The highest BCUT2D eigenvalue weighted by Gasteiger charge is 2.36. The molecule has 1 aromatic rings. The third kappa shape index (κ3) is 5.56. The molecule has 2 amide bonds. The summed E-state index contributed by atoms with van der Waals surface area (Å²) < 4.78 is 5.25. The van der Waals surface area contributed by atoms with Crippen LogP contribution in [0.3, 0.4) is 0 Å². The molecule has 0 spiro atoms. The molecule has 2 rings (SSSR count). The van der Waals surface area contributed by atoms with Crippen molar-refractivity contribution in [2.75, 3.05) is 18.1 Å².